The molecule has 0 unspecified atom stereocenters. The van der Waals surface area contributed by atoms with Crippen molar-refractivity contribution in [2.45, 2.75) is 341 Å². The predicted octanol–water partition coefficient (Wildman–Crippen LogP) is 21.2. The molecule has 12 bridgehead atoms. The fraction of sp³-hybridized carbons (Fsp3) is 0.938. The van der Waals surface area contributed by atoms with Gasteiger partial charge in [0.05, 0.1) is 60.1 Å². The van der Waals surface area contributed by atoms with Crippen LogP contribution < -0.4 is 0 Å². The molecule has 14 aliphatic rings. The lowest BCUT2D eigenvalue weighted by Crippen LogP contribution is -2.48. The quantitative estimate of drug-likeness (QED) is 0.0523. The molecule has 0 radical (unpaired) electrons. The van der Waals surface area contributed by atoms with E-state index in [1.807, 2.05) is 83.1 Å². The summed E-state index contributed by atoms with van der Waals surface area (Å²) < 4.78 is 27.6. The molecule has 91 heavy (non-hydrogen) atoms. The third kappa shape index (κ3) is 21.7. The van der Waals surface area contributed by atoms with Crippen LogP contribution >= 0.6 is 0 Å². The monoisotopic (exact) mass is 1270 g/mol. The highest BCUT2D eigenvalue weighted by Gasteiger charge is 2.54. The minimum atomic E-state index is -0.319. The van der Waals surface area contributed by atoms with Crippen molar-refractivity contribution in [2.75, 3.05) is 33.0 Å². The van der Waals surface area contributed by atoms with E-state index in [4.69, 9.17) is 23.7 Å². The van der Waals surface area contributed by atoms with Crippen LogP contribution in [-0.4, -0.2) is 62.9 Å². The second-order valence-corrected chi connectivity index (χ2v) is 36.7. The molecule has 0 aliphatic heterocycles. The lowest BCUT2D eigenvalue weighted by molar-refractivity contribution is -0.165. The molecule has 0 aromatic carbocycles. The van der Waals surface area contributed by atoms with E-state index >= 15 is 0 Å². The van der Waals surface area contributed by atoms with Crippen LogP contribution in [0.3, 0.4) is 0 Å². The average molecular weight is 1270 g/mol. The second-order valence-electron chi connectivity index (χ2n) is 36.7. The van der Waals surface area contributed by atoms with Gasteiger partial charge in [0.1, 0.15) is 0 Å². The molecule has 14 fully saturated rings. The van der Waals surface area contributed by atoms with Gasteiger partial charge in [0.25, 0.3) is 0 Å². The molecule has 14 rings (SSSR count). The number of ether oxygens (including phenoxy) is 5. The molecule has 14 aliphatic carbocycles. The second kappa shape index (κ2) is 33.1. The lowest BCUT2D eigenvalue weighted by Gasteiger charge is -2.57. The summed E-state index contributed by atoms with van der Waals surface area (Å²) in [5.41, 5.74) is -0.0628. The van der Waals surface area contributed by atoms with Gasteiger partial charge in [0.15, 0.2) is 0 Å². The van der Waals surface area contributed by atoms with E-state index in [9.17, 15) is 24.0 Å². The first-order valence-electron chi connectivity index (χ1n) is 38.8. The van der Waals surface area contributed by atoms with Crippen molar-refractivity contribution in [3.05, 3.63) is 0 Å². The Labute approximate surface area is 557 Å². The van der Waals surface area contributed by atoms with Crippen molar-refractivity contribution in [3.8, 4) is 0 Å². The maximum absolute atomic E-state index is 12.2. The lowest BCUT2D eigenvalue weighted by atomic mass is 9.48. The van der Waals surface area contributed by atoms with Gasteiger partial charge in [-0.15, -0.1) is 0 Å². The summed E-state index contributed by atoms with van der Waals surface area (Å²) in [6.45, 7) is 33.2. The number of carbonyl (C=O) groups excluding carboxylic acids is 5. The fourth-order valence-electron chi connectivity index (χ4n) is 19.9. The Balaban J connectivity index is 0.000000163. The Morgan fingerprint density at radius 2 is 0.593 bits per heavy atom. The van der Waals surface area contributed by atoms with Gasteiger partial charge in [-0.3, -0.25) is 24.0 Å². The van der Waals surface area contributed by atoms with Crippen LogP contribution in [0.1, 0.15) is 341 Å². The Morgan fingerprint density at radius 1 is 0.319 bits per heavy atom. The van der Waals surface area contributed by atoms with E-state index in [-0.39, 0.29) is 56.9 Å². The standard InChI is InChI=1S/C19H32O2.C18H30O2.C17H28O2.C14H26O2.C13H24O2/c1-4-18(2,3)17(20)21-7-5-6-19-11-14-8-15(12-19)10-16(9-14)13-19;1-4-17(2,3)16(19)20-6-5-18-10-13-7-14(11-18)9-15(8-13)12-18;1-4-16(2,3)15(18)19-11-17-8-12-5-13(9-17)7-14(6-12)10-17;1-4-14(2,3)13(15)16-11-10-12-8-6-5-7-9-12;1-4-13(2,3)12(14)15-10-11-8-6-5-7-9-11/h14-16H,4-13H2,1-3H3;13-15H,4-12H2,1-3H3;12-14H,4-11H2,1-3H3;12H,4-11H2,1-3H3;11H,4-10H2,1-3H3. The summed E-state index contributed by atoms with van der Waals surface area (Å²) >= 11 is 0. The van der Waals surface area contributed by atoms with Crippen molar-refractivity contribution in [1.29, 1.82) is 0 Å². The van der Waals surface area contributed by atoms with E-state index in [2.05, 4.69) is 20.8 Å². The van der Waals surface area contributed by atoms with Crippen LogP contribution in [0.2, 0.25) is 0 Å². The largest absolute Gasteiger partial charge is 0.465 e. The number of hydrogen-bond donors (Lipinski definition) is 0. The first-order chi connectivity index (χ1) is 42.9. The van der Waals surface area contributed by atoms with Crippen molar-refractivity contribution < 1.29 is 47.7 Å². The first kappa shape index (κ1) is 75.7. The minimum absolute atomic E-state index is 0.00532. The summed E-state index contributed by atoms with van der Waals surface area (Å²) in [6, 6.07) is 0. The van der Waals surface area contributed by atoms with Gasteiger partial charge in [-0.1, -0.05) is 86.0 Å². The van der Waals surface area contributed by atoms with Crippen LogP contribution in [0.4, 0.5) is 0 Å². The summed E-state index contributed by atoms with van der Waals surface area (Å²) in [5.74, 6) is 10.2. The average Bonchev–Trinajstić information content (AvgIpc) is 0.791. The smallest absolute Gasteiger partial charge is 0.311 e. The van der Waals surface area contributed by atoms with Gasteiger partial charge >= 0.3 is 29.8 Å². The normalized spacial score (nSPS) is 32.1. The molecule has 0 heterocycles. The van der Waals surface area contributed by atoms with Crippen LogP contribution in [0, 0.1) is 108 Å². The zero-order valence-electron chi connectivity index (χ0n) is 61.6. The molecule has 14 saturated carbocycles. The molecule has 0 atom stereocenters. The van der Waals surface area contributed by atoms with Crippen LogP contribution in [-0.2, 0) is 47.7 Å². The minimum Gasteiger partial charge on any atom is -0.465 e. The van der Waals surface area contributed by atoms with E-state index in [0.717, 1.165) is 111 Å². The number of carbonyl (C=O) groups is 5. The molecule has 0 saturated heterocycles. The van der Waals surface area contributed by atoms with Crippen LogP contribution in [0.5, 0.6) is 0 Å². The van der Waals surface area contributed by atoms with Gasteiger partial charge in [-0.2, -0.15) is 0 Å². The molecule has 0 amide bonds. The van der Waals surface area contributed by atoms with Gasteiger partial charge in [-0.05, 0) is 331 Å². The third-order valence-corrected chi connectivity index (χ3v) is 26.8. The molecule has 10 nitrogen and oxygen atoms in total. The molecular weight excluding hydrogens is 1130 g/mol. The van der Waals surface area contributed by atoms with Crippen molar-refractivity contribution in [2.24, 2.45) is 108 Å². The van der Waals surface area contributed by atoms with Crippen molar-refractivity contribution >= 4 is 29.8 Å². The highest BCUT2D eigenvalue weighted by Crippen LogP contribution is 2.63. The van der Waals surface area contributed by atoms with Gasteiger partial charge in [0, 0.05) is 5.41 Å². The first-order valence-corrected chi connectivity index (χ1v) is 38.8. The maximum Gasteiger partial charge on any atom is 0.311 e. The Hall–Kier alpha value is -2.65. The number of esters is 5. The predicted molar refractivity (Wildman–Crippen MR) is 369 cm³/mol. The topological polar surface area (TPSA) is 132 Å². The molecule has 0 spiro atoms. The van der Waals surface area contributed by atoms with Gasteiger partial charge in [0.2, 0.25) is 0 Å². The Kier molecular flexibility index (Phi) is 27.5. The fourth-order valence-corrected chi connectivity index (χ4v) is 19.9. The van der Waals surface area contributed by atoms with Crippen LogP contribution in [0.15, 0.2) is 0 Å². The summed E-state index contributed by atoms with van der Waals surface area (Å²) in [7, 11) is 0. The Bertz CT molecular complexity index is 2180. The van der Waals surface area contributed by atoms with E-state index < -0.39 is 0 Å². The van der Waals surface area contributed by atoms with Crippen molar-refractivity contribution in [1.82, 2.24) is 0 Å². The molecular formula is C81H140O10. The van der Waals surface area contributed by atoms with E-state index in [1.54, 1.807) is 0 Å². The molecule has 0 aromatic heterocycles. The van der Waals surface area contributed by atoms with Gasteiger partial charge in [-0.25, -0.2) is 0 Å². The summed E-state index contributed by atoms with van der Waals surface area (Å²) in [6.07, 6.45) is 47.9. The zero-order valence-corrected chi connectivity index (χ0v) is 61.6. The van der Waals surface area contributed by atoms with Crippen molar-refractivity contribution in [3.63, 3.8) is 0 Å². The number of hydrogen-bond acceptors (Lipinski definition) is 10. The van der Waals surface area contributed by atoms with Gasteiger partial charge < -0.3 is 23.7 Å². The maximum atomic E-state index is 12.2. The highest BCUT2D eigenvalue weighted by atomic mass is 16.5. The molecule has 0 aromatic rings. The SMILES string of the molecule is CCC(C)(C)C(=O)OCC12CC3CC(CC(C3)C1)C2.CCC(C)(C)C(=O)OCC1CCCCC1.CCC(C)(C)C(=O)OCCC12CC3CC(CC(C3)C1)C2.CCC(C)(C)C(=O)OCCC1CCCCC1.CCC(C)(C)C(=O)OCCCC12CC3CC(CC(C3)C1)C2. The third-order valence-electron chi connectivity index (χ3n) is 26.8. The number of rotatable bonds is 24. The zero-order chi connectivity index (χ0) is 66.5. The molecule has 0 N–H and O–H groups in total. The van der Waals surface area contributed by atoms with E-state index in [0.29, 0.717) is 55.2 Å². The summed E-state index contributed by atoms with van der Waals surface area (Å²) in [5, 5.41) is 0. The summed E-state index contributed by atoms with van der Waals surface area (Å²) in [4.78, 5) is 59.7. The molecule has 10 heteroatoms. The highest BCUT2D eigenvalue weighted by molar-refractivity contribution is 5.77. The van der Waals surface area contributed by atoms with Crippen LogP contribution in [0.25, 0.3) is 0 Å². The van der Waals surface area contributed by atoms with E-state index in [1.165, 1.54) is 186 Å². The Morgan fingerprint density at radius 3 is 0.934 bits per heavy atom. The molecule has 524 valence electrons.